The Bertz CT molecular complexity index is 301. The van der Waals surface area contributed by atoms with Gasteiger partial charge in [0.1, 0.15) is 5.82 Å². The molecule has 0 amide bonds. The van der Waals surface area contributed by atoms with E-state index < -0.39 is 0 Å². The predicted molar refractivity (Wildman–Crippen MR) is 58.3 cm³/mol. The van der Waals surface area contributed by atoms with Gasteiger partial charge in [-0.2, -0.15) is 0 Å². The van der Waals surface area contributed by atoms with Crippen LogP contribution in [0, 0.1) is 6.92 Å². The van der Waals surface area contributed by atoms with Gasteiger partial charge in [-0.15, -0.1) is 0 Å². The number of pyridine rings is 1. The number of methoxy groups -OCH3 is 1. The van der Waals surface area contributed by atoms with Crippen molar-refractivity contribution in [1.82, 2.24) is 4.98 Å². The van der Waals surface area contributed by atoms with Crippen molar-refractivity contribution >= 4 is 11.5 Å². The second-order valence-electron chi connectivity index (χ2n) is 3.39. The van der Waals surface area contributed by atoms with Crippen LogP contribution in [-0.2, 0) is 4.74 Å². The highest BCUT2D eigenvalue weighted by atomic mass is 16.5. The number of ether oxygens (including phenoxy) is 1. The van der Waals surface area contributed by atoms with Gasteiger partial charge < -0.3 is 15.8 Å². The van der Waals surface area contributed by atoms with Crippen molar-refractivity contribution in [2.45, 2.75) is 19.9 Å². The first-order valence-corrected chi connectivity index (χ1v) is 4.62. The molecule has 4 nitrogen and oxygen atoms in total. The quantitative estimate of drug-likeness (QED) is 0.762. The number of hydrogen-bond acceptors (Lipinski definition) is 4. The summed E-state index contributed by atoms with van der Waals surface area (Å²) in [6.07, 6.45) is 0. The van der Waals surface area contributed by atoms with E-state index >= 15 is 0 Å². The van der Waals surface area contributed by atoms with Gasteiger partial charge in [0.2, 0.25) is 0 Å². The molecule has 1 atom stereocenters. The molecule has 0 aliphatic heterocycles. The molecular weight excluding hydrogens is 178 g/mol. The van der Waals surface area contributed by atoms with Crippen LogP contribution in [0.2, 0.25) is 0 Å². The molecule has 3 N–H and O–H groups in total. The zero-order chi connectivity index (χ0) is 10.6. The van der Waals surface area contributed by atoms with Gasteiger partial charge in [-0.25, -0.2) is 4.98 Å². The minimum Gasteiger partial charge on any atom is -0.396 e. The minimum atomic E-state index is 0.205. The lowest BCUT2D eigenvalue weighted by Gasteiger charge is -2.15. The van der Waals surface area contributed by atoms with E-state index in [0.29, 0.717) is 12.3 Å². The van der Waals surface area contributed by atoms with Crippen LogP contribution in [0.4, 0.5) is 11.5 Å². The smallest absolute Gasteiger partial charge is 0.149 e. The number of rotatable bonds is 4. The van der Waals surface area contributed by atoms with Crippen LogP contribution in [0.25, 0.3) is 0 Å². The lowest BCUT2D eigenvalue weighted by Crippen LogP contribution is -2.22. The monoisotopic (exact) mass is 195 g/mol. The Morgan fingerprint density at radius 3 is 2.93 bits per heavy atom. The summed E-state index contributed by atoms with van der Waals surface area (Å²) in [7, 11) is 1.67. The Labute approximate surface area is 84.5 Å². The first-order valence-electron chi connectivity index (χ1n) is 4.62. The Morgan fingerprint density at radius 1 is 1.57 bits per heavy atom. The summed E-state index contributed by atoms with van der Waals surface area (Å²) >= 11 is 0. The highest BCUT2D eigenvalue weighted by Gasteiger charge is 2.05. The fraction of sp³-hybridized carbons (Fsp3) is 0.500. The summed E-state index contributed by atoms with van der Waals surface area (Å²) < 4.78 is 5.01. The molecule has 1 unspecified atom stereocenters. The molecule has 0 fully saturated rings. The third-order valence-corrected chi connectivity index (χ3v) is 1.87. The Morgan fingerprint density at radius 2 is 2.29 bits per heavy atom. The number of anilines is 2. The standard InChI is InChI=1S/C10H17N3O/c1-7-4-5-9(11)10(12-7)13-8(2)6-14-3/h4-5,8H,6,11H2,1-3H3,(H,12,13). The molecule has 1 aromatic rings. The Balaban J connectivity index is 2.70. The van der Waals surface area contributed by atoms with E-state index in [4.69, 9.17) is 10.5 Å². The maximum Gasteiger partial charge on any atom is 0.149 e. The summed E-state index contributed by atoms with van der Waals surface area (Å²) in [4.78, 5) is 4.30. The van der Waals surface area contributed by atoms with E-state index in [1.54, 1.807) is 7.11 Å². The molecule has 14 heavy (non-hydrogen) atoms. The number of nitrogens with two attached hydrogens (primary N) is 1. The highest BCUT2D eigenvalue weighted by Crippen LogP contribution is 2.16. The normalized spacial score (nSPS) is 12.5. The van der Waals surface area contributed by atoms with Gasteiger partial charge in [0.15, 0.2) is 0 Å². The van der Waals surface area contributed by atoms with Crippen molar-refractivity contribution in [3.05, 3.63) is 17.8 Å². The molecule has 0 aromatic carbocycles. The van der Waals surface area contributed by atoms with E-state index in [-0.39, 0.29) is 6.04 Å². The summed E-state index contributed by atoms with van der Waals surface area (Å²) in [5.74, 6) is 0.731. The molecule has 0 aliphatic carbocycles. The summed E-state index contributed by atoms with van der Waals surface area (Å²) in [6, 6.07) is 3.95. The van der Waals surface area contributed by atoms with Crippen LogP contribution in [0.1, 0.15) is 12.6 Å². The Kier molecular flexibility index (Phi) is 3.71. The van der Waals surface area contributed by atoms with Crippen LogP contribution in [0.5, 0.6) is 0 Å². The van der Waals surface area contributed by atoms with E-state index in [0.717, 1.165) is 11.5 Å². The number of nitrogen functional groups attached to an aromatic ring is 1. The fourth-order valence-corrected chi connectivity index (χ4v) is 1.21. The van der Waals surface area contributed by atoms with Crippen molar-refractivity contribution in [3.8, 4) is 0 Å². The number of hydrogen-bond donors (Lipinski definition) is 2. The largest absolute Gasteiger partial charge is 0.396 e. The lowest BCUT2D eigenvalue weighted by atomic mass is 10.3. The molecule has 0 saturated carbocycles. The number of nitrogens with one attached hydrogen (secondary N) is 1. The average Bonchev–Trinajstić information content (AvgIpc) is 2.12. The summed E-state index contributed by atoms with van der Waals surface area (Å²) in [5, 5.41) is 3.19. The van der Waals surface area contributed by atoms with Gasteiger partial charge in [0, 0.05) is 18.8 Å². The molecule has 1 rings (SSSR count). The predicted octanol–water partition coefficient (Wildman–Crippen LogP) is 1.42. The van der Waals surface area contributed by atoms with E-state index in [2.05, 4.69) is 10.3 Å². The van der Waals surface area contributed by atoms with E-state index in [1.807, 2.05) is 26.0 Å². The zero-order valence-corrected chi connectivity index (χ0v) is 8.87. The van der Waals surface area contributed by atoms with Gasteiger partial charge in [-0.05, 0) is 26.0 Å². The van der Waals surface area contributed by atoms with Crippen molar-refractivity contribution in [2.75, 3.05) is 24.8 Å². The molecule has 0 saturated heterocycles. The molecule has 0 aliphatic rings. The van der Waals surface area contributed by atoms with Gasteiger partial charge in [0.05, 0.1) is 12.3 Å². The molecule has 0 spiro atoms. The molecular formula is C10H17N3O. The summed E-state index contributed by atoms with van der Waals surface area (Å²) in [6.45, 7) is 4.59. The fourth-order valence-electron chi connectivity index (χ4n) is 1.21. The summed E-state index contributed by atoms with van der Waals surface area (Å²) in [5.41, 5.74) is 7.38. The lowest BCUT2D eigenvalue weighted by molar-refractivity contribution is 0.190. The number of aromatic nitrogens is 1. The van der Waals surface area contributed by atoms with Crippen LogP contribution < -0.4 is 11.1 Å². The van der Waals surface area contributed by atoms with Gasteiger partial charge in [0.25, 0.3) is 0 Å². The third kappa shape index (κ3) is 2.88. The van der Waals surface area contributed by atoms with Gasteiger partial charge in [-0.1, -0.05) is 0 Å². The minimum absolute atomic E-state index is 0.205. The van der Waals surface area contributed by atoms with Crippen LogP contribution in [0.15, 0.2) is 12.1 Å². The molecule has 0 bridgehead atoms. The van der Waals surface area contributed by atoms with Crippen molar-refractivity contribution in [1.29, 1.82) is 0 Å². The van der Waals surface area contributed by atoms with E-state index in [9.17, 15) is 0 Å². The zero-order valence-electron chi connectivity index (χ0n) is 8.87. The maximum atomic E-state index is 5.77. The average molecular weight is 195 g/mol. The molecule has 1 heterocycles. The molecule has 78 valence electrons. The SMILES string of the molecule is COCC(C)Nc1nc(C)ccc1N. The number of nitrogens with zero attached hydrogens (tertiary/aromatic N) is 1. The third-order valence-electron chi connectivity index (χ3n) is 1.87. The molecule has 0 radical (unpaired) electrons. The highest BCUT2D eigenvalue weighted by molar-refractivity contribution is 5.61. The molecule has 4 heteroatoms. The van der Waals surface area contributed by atoms with Crippen molar-refractivity contribution in [2.24, 2.45) is 0 Å². The van der Waals surface area contributed by atoms with Crippen molar-refractivity contribution < 1.29 is 4.74 Å². The van der Waals surface area contributed by atoms with Crippen LogP contribution >= 0.6 is 0 Å². The van der Waals surface area contributed by atoms with Crippen LogP contribution in [0.3, 0.4) is 0 Å². The van der Waals surface area contributed by atoms with Gasteiger partial charge >= 0.3 is 0 Å². The number of aryl methyl sites for hydroxylation is 1. The van der Waals surface area contributed by atoms with Gasteiger partial charge in [-0.3, -0.25) is 0 Å². The second-order valence-corrected chi connectivity index (χ2v) is 3.39. The molecule has 1 aromatic heterocycles. The topological polar surface area (TPSA) is 60.2 Å². The van der Waals surface area contributed by atoms with Crippen molar-refractivity contribution in [3.63, 3.8) is 0 Å². The van der Waals surface area contributed by atoms with Crippen LogP contribution in [-0.4, -0.2) is 24.7 Å². The second kappa shape index (κ2) is 4.81. The first-order chi connectivity index (χ1) is 6.63. The Hall–Kier alpha value is -1.29. The maximum absolute atomic E-state index is 5.77. The first kappa shape index (κ1) is 10.8. The van der Waals surface area contributed by atoms with E-state index in [1.165, 1.54) is 0 Å².